The first kappa shape index (κ1) is 25.3. The van der Waals surface area contributed by atoms with Gasteiger partial charge in [-0.1, -0.05) is 24.3 Å². The molecule has 0 fully saturated rings. The van der Waals surface area contributed by atoms with Crippen LogP contribution in [0.1, 0.15) is 36.2 Å². The Bertz CT molecular complexity index is 1090. The molecule has 0 amide bonds. The van der Waals surface area contributed by atoms with Crippen LogP contribution in [0, 0.1) is 0 Å². The Kier molecular flexibility index (Phi) is 8.02. The fourth-order valence-electron chi connectivity index (χ4n) is 2.96. The lowest BCUT2D eigenvalue weighted by molar-refractivity contribution is -0.140. The molecular formula is C23H25F3N4O4. The Balaban J connectivity index is 1.75. The van der Waals surface area contributed by atoms with E-state index in [4.69, 9.17) is 4.74 Å². The fourth-order valence-corrected chi connectivity index (χ4v) is 2.96. The van der Waals surface area contributed by atoms with Crippen LogP contribution in [0.25, 0.3) is 11.3 Å². The van der Waals surface area contributed by atoms with Crippen molar-refractivity contribution in [1.29, 1.82) is 0 Å². The Labute approximate surface area is 194 Å². The monoisotopic (exact) mass is 478 g/mol. The average Bonchev–Trinajstić information content (AvgIpc) is 2.82. The van der Waals surface area contributed by atoms with E-state index in [9.17, 15) is 28.5 Å². The van der Waals surface area contributed by atoms with Gasteiger partial charge in [-0.25, -0.2) is 4.98 Å². The normalized spacial score (nSPS) is 13.4. The van der Waals surface area contributed by atoms with Crippen LogP contribution < -0.4 is 10.1 Å². The zero-order valence-corrected chi connectivity index (χ0v) is 18.5. The van der Waals surface area contributed by atoms with Gasteiger partial charge in [-0.2, -0.15) is 18.2 Å². The first-order chi connectivity index (χ1) is 16.1. The minimum Gasteiger partial charge on any atom is -0.471 e. The number of rotatable bonds is 9. The highest BCUT2D eigenvalue weighted by molar-refractivity contribution is 5.60. The molecule has 0 unspecified atom stereocenters. The highest BCUT2D eigenvalue weighted by atomic mass is 19.4. The van der Waals surface area contributed by atoms with Crippen molar-refractivity contribution in [2.24, 2.45) is 0 Å². The summed E-state index contributed by atoms with van der Waals surface area (Å²) in [6.07, 6.45) is -5.96. The summed E-state index contributed by atoms with van der Waals surface area (Å²) in [7, 11) is 0. The number of anilines is 1. The van der Waals surface area contributed by atoms with Crippen molar-refractivity contribution < 1.29 is 33.2 Å². The van der Waals surface area contributed by atoms with Gasteiger partial charge in [-0.15, -0.1) is 0 Å². The minimum absolute atomic E-state index is 0.0604. The predicted molar refractivity (Wildman–Crippen MR) is 118 cm³/mol. The summed E-state index contributed by atoms with van der Waals surface area (Å²) in [6.45, 7) is 2.64. The van der Waals surface area contributed by atoms with Gasteiger partial charge in [0.15, 0.2) is 0 Å². The molecule has 0 saturated carbocycles. The Morgan fingerprint density at radius 1 is 1.00 bits per heavy atom. The van der Waals surface area contributed by atoms with Crippen LogP contribution in [-0.4, -0.2) is 42.5 Å². The molecule has 2 aromatic heterocycles. The summed E-state index contributed by atoms with van der Waals surface area (Å²) in [5.41, 5.74) is 2.09. The molecule has 34 heavy (non-hydrogen) atoms. The maximum Gasteiger partial charge on any atom is 0.423 e. The van der Waals surface area contributed by atoms with Crippen molar-refractivity contribution >= 4 is 5.95 Å². The van der Waals surface area contributed by atoms with Crippen LogP contribution in [0.15, 0.2) is 42.6 Å². The number of alkyl halides is 3. The van der Waals surface area contributed by atoms with E-state index in [1.165, 1.54) is 13.8 Å². The number of aliphatic hydroxyl groups is 3. The SMILES string of the molecule is C[C@@H](O)[C@@H](C)Oc1nc(NCc2ccc(-c3cc(CO)cc(CO)n3)cc2)ncc1C(F)(F)F. The van der Waals surface area contributed by atoms with Crippen LogP contribution in [0.5, 0.6) is 5.88 Å². The summed E-state index contributed by atoms with van der Waals surface area (Å²) >= 11 is 0. The molecule has 3 rings (SSSR count). The third-order valence-corrected chi connectivity index (χ3v) is 5.02. The number of nitrogens with zero attached hydrogens (tertiary/aromatic N) is 3. The maximum absolute atomic E-state index is 13.3. The molecule has 0 aliphatic heterocycles. The summed E-state index contributed by atoms with van der Waals surface area (Å²) in [4.78, 5) is 11.9. The molecule has 2 atom stereocenters. The van der Waals surface area contributed by atoms with Gasteiger partial charge in [0.25, 0.3) is 0 Å². The fraction of sp³-hybridized carbons (Fsp3) is 0.348. The molecule has 182 valence electrons. The van der Waals surface area contributed by atoms with Crippen molar-refractivity contribution in [1.82, 2.24) is 15.0 Å². The van der Waals surface area contributed by atoms with Gasteiger partial charge in [0.1, 0.15) is 11.7 Å². The largest absolute Gasteiger partial charge is 0.471 e. The molecule has 8 nitrogen and oxygen atoms in total. The summed E-state index contributed by atoms with van der Waals surface area (Å²) in [6, 6.07) is 10.5. The lowest BCUT2D eigenvalue weighted by Crippen LogP contribution is -2.27. The second-order valence-corrected chi connectivity index (χ2v) is 7.69. The van der Waals surface area contributed by atoms with Crippen LogP contribution in [0.4, 0.5) is 19.1 Å². The van der Waals surface area contributed by atoms with Crippen LogP contribution in [0.2, 0.25) is 0 Å². The second-order valence-electron chi connectivity index (χ2n) is 7.69. The van der Waals surface area contributed by atoms with E-state index in [0.29, 0.717) is 23.1 Å². The lowest BCUT2D eigenvalue weighted by Gasteiger charge is -2.20. The van der Waals surface area contributed by atoms with Gasteiger partial charge in [0, 0.05) is 18.3 Å². The number of hydrogen-bond acceptors (Lipinski definition) is 8. The third-order valence-electron chi connectivity index (χ3n) is 5.02. The van der Waals surface area contributed by atoms with Gasteiger partial charge in [-0.3, -0.25) is 4.98 Å². The maximum atomic E-state index is 13.3. The smallest absolute Gasteiger partial charge is 0.423 e. The molecule has 0 aliphatic carbocycles. The van der Waals surface area contributed by atoms with E-state index in [1.807, 2.05) is 0 Å². The molecule has 3 aromatic rings. The number of halogens is 3. The number of aliphatic hydroxyl groups excluding tert-OH is 3. The lowest BCUT2D eigenvalue weighted by atomic mass is 10.1. The molecule has 0 radical (unpaired) electrons. The third kappa shape index (κ3) is 6.40. The topological polar surface area (TPSA) is 121 Å². The Morgan fingerprint density at radius 2 is 1.71 bits per heavy atom. The van der Waals surface area contributed by atoms with Crippen LogP contribution in [-0.2, 0) is 25.9 Å². The van der Waals surface area contributed by atoms with Crippen molar-refractivity contribution in [3.63, 3.8) is 0 Å². The highest BCUT2D eigenvalue weighted by Crippen LogP contribution is 2.35. The van der Waals surface area contributed by atoms with E-state index < -0.39 is 29.8 Å². The number of nitrogens with one attached hydrogen (secondary N) is 1. The quantitative estimate of drug-likeness (QED) is 0.370. The standard InChI is InChI=1S/C23H25F3N4O4/c1-13(33)14(2)34-21-19(23(24,25)26)10-28-22(30-21)27-9-15-3-5-17(6-4-15)20-8-16(11-31)7-18(12-32)29-20/h3-8,10,13-14,31-33H,9,11-12H2,1-2H3,(H,27,28,30)/t13-,14-/m1/s1. The number of aromatic nitrogens is 3. The molecule has 0 aliphatic rings. The molecule has 0 spiro atoms. The zero-order valence-electron chi connectivity index (χ0n) is 18.5. The van der Waals surface area contributed by atoms with Crippen molar-refractivity contribution in [3.8, 4) is 17.1 Å². The Hall–Kier alpha value is -3.28. The van der Waals surface area contributed by atoms with Gasteiger partial charge in [-0.05, 0) is 37.1 Å². The van der Waals surface area contributed by atoms with E-state index in [0.717, 1.165) is 11.1 Å². The molecule has 11 heteroatoms. The molecule has 0 saturated heterocycles. The van der Waals surface area contributed by atoms with E-state index in [2.05, 4.69) is 20.3 Å². The molecular weight excluding hydrogens is 453 g/mol. The van der Waals surface area contributed by atoms with Gasteiger partial charge in [0.05, 0.1) is 30.7 Å². The van der Waals surface area contributed by atoms with Crippen LogP contribution >= 0.6 is 0 Å². The zero-order chi connectivity index (χ0) is 24.9. The van der Waals surface area contributed by atoms with E-state index in [1.54, 1.807) is 36.4 Å². The number of hydrogen-bond donors (Lipinski definition) is 4. The van der Waals surface area contributed by atoms with Gasteiger partial charge < -0.3 is 25.4 Å². The molecule has 0 bridgehead atoms. The highest BCUT2D eigenvalue weighted by Gasteiger charge is 2.37. The Morgan fingerprint density at radius 3 is 2.29 bits per heavy atom. The van der Waals surface area contributed by atoms with Crippen molar-refractivity contribution in [2.75, 3.05) is 5.32 Å². The average molecular weight is 478 g/mol. The number of pyridine rings is 1. The molecule has 2 heterocycles. The summed E-state index contributed by atoms with van der Waals surface area (Å²) < 4.78 is 45.1. The van der Waals surface area contributed by atoms with E-state index >= 15 is 0 Å². The number of ether oxygens (including phenoxy) is 1. The predicted octanol–water partition coefficient (Wildman–Crippen LogP) is 3.30. The van der Waals surface area contributed by atoms with E-state index in [-0.39, 0.29) is 25.7 Å². The summed E-state index contributed by atoms with van der Waals surface area (Å²) in [5.74, 6) is -0.724. The first-order valence-electron chi connectivity index (χ1n) is 10.4. The van der Waals surface area contributed by atoms with Crippen molar-refractivity contribution in [3.05, 3.63) is 65.0 Å². The van der Waals surface area contributed by atoms with Crippen molar-refractivity contribution in [2.45, 2.75) is 52.0 Å². The van der Waals surface area contributed by atoms with Gasteiger partial charge in [0.2, 0.25) is 11.8 Å². The van der Waals surface area contributed by atoms with Crippen LogP contribution in [0.3, 0.4) is 0 Å². The number of benzene rings is 1. The molecule has 1 aromatic carbocycles. The minimum atomic E-state index is -4.71. The first-order valence-corrected chi connectivity index (χ1v) is 10.4. The molecule has 4 N–H and O–H groups in total. The summed E-state index contributed by atoms with van der Waals surface area (Å²) in [5, 5.41) is 31.2. The van der Waals surface area contributed by atoms with Gasteiger partial charge >= 0.3 is 6.18 Å². The second kappa shape index (κ2) is 10.8.